The zero-order valence-corrected chi connectivity index (χ0v) is 43.4. The van der Waals surface area contributed by atoms with E-state index in [4.69, 9.17) is 18.3 Å². The zero-order valence-electron chi connectivity index (χ0n) is 42.5. The van der Waals surface area contributed by atoms with Gasteiger partial charge in [0.25, 0.3) is 0 Å². The SMILES string of the molecule is CCCCCCCCCCCCCCCCOCCOP(=O)(OCCN(CC)CCC[C@@H](C)Nc1ccnc2cc(F)ccc12)OCCN(CC)CCC[C@@H](C)Nc1ccnc2cc(F)ccc12. The van der Waals surface area contributed by atoms with Gasteiger partial charge in [-0.1, -0.05) is 104 Å². The summed E-state index contributed by atoms with van der Waals surface area (Å²) in [5.41, 5.74) is 3.15. The molecule has 2 N–H and O–H groups in total. The molecule has 2 atom stereocenters. The van der Waals surface area contributed by atoms with Crippen molar-refractivity contribution in [2.45, 2.75) is 162 Å². The highest BCUT2D eigenvalue weighted by molar-refractivity contribution is 7.48. The number of ether oxygens (including phenoxy) is 1. The molecule has 0 radical (unpaired) electrons. The van der Waals surface area contributed by atoms with Gasteiger partial charge in [0.05, 0.1) is 37.5 Å². The number of aromatic nitrogens is 2. The first-order chi connectivity index (χ1) is 33.1. The van der Waals surface area contributed by atoms with Gasteiger partial charge in [0.1, 0.15) is 11.6 Å². The number of pyridine rings is 2. The number of likely N-dealkylation sites (N-methyl/N-ethyl adjacent to an activating group) is 2. The van der Waals surface area contributed by atoms with E-state index in [0.29, 0.717) is 37.3 Å². The first-order valence-electron chi connectivity index (χ1n) is 26.3. The van der Waals surface area contributed by atoms with Crippen molar-refractivity contribution < 1.29 is 31.7 Å². The van der Waals surface area contributed by atoms with E-state index in [0.717, 1.165) is 86.9 Å². The number of phosphoric ester groups is 1. The van der Waals surface area contributed by atoms with E-state index in [1.807, 2.05) is 12.1 Å². The van der Waals surface area contributed by atoms with E-state index in [9.17, 15) is 13.3 Å². The van der Waals surface area contributed by atoms with Crippen LogP contribution >= 0.6 is 7.82 Å². The van der Waals surface area contributed by atoms with Crippen LogP contribution in [0.15, 0.2) is 60.9 Å². The Morgan fingerprint density at radius 3 is 1.40 bits per heavy atom. The predicted octanol–water partition coefficient (Wildman–Crippen LogP) is 14.2. The van der Waals surface area contributed by atoms with Gasteiger partial charge >= 0.3 is 7.82 Å². The Kier molecular flexibility index (Phi) is 28.7. The highest BCUT2D eigenvalue weighted by Gasteiger charge is 2.27. The molecule has 0 unspecified atom stereocenters. The standard InChI is InChI=1S/C54H87F2N6O5P/c1-6-9-10-11-12-13-14-15-16-17-18-19-20-21-38-64-41-42-67-68(63,65-39-36-61(7-2)34-22-24-45(4)59-51-30-32-57-53-43-47(55)26-28-49(51)53)66-40-37-62(8-3)35-23-25-46(5)60-52-31-33-58-54-44-48(56)27-29-50(52)54/h26-33,43-46H,6-25,34-42H2,1-5H3,(H,57,59)(H,58,60)/t45-,46-/m1/s1. The monoisotopic (exact) mass is 969 g/mol. The maximum atomic E-state index is 14.1. The van der Waals surface area contributed by atoms with Gasteiger partial charge in [-0.05, 0) is 109 Å². The maximum Gasteiger partial charge on any atom is 0.474 e. The summed E-state index contributed by atoms with van der Waals surface area (Å²) in [6, 6.07) is 13.6. The smallest absolute Gasteiger partial charge is 0.382 e. The molecule has 2 heterocycles. The van der Waals surface area contributed by atoms with Crippen molar-refractivity contribution in [1.29, 1.82) is 0 Å². The van der Waals surface area contributed by atoms with Crippen molar-refractivity contribution in [3.8, 4) is 0 Å². The second-order valence-electron chi connectivity index (χ2n) is 18.4. The topological polar surface area (TPSA) is 110 Å². The summed E-state index contributed by atoms with van der Waals surface area (Å²) in [7, 11) is -3.86. The Morgan fingerprint density at radius 2 is 0.956 bits per heavy atom. The lowest BCUT2D eigenvalue weighted by atomic mass is 10.0. The third-order valence-electron chi connectivity index (χ3n) is 12.8. The Bertz CT molecular complexity index is 1880. The fourth-order valence-corrected chi connectivity index (χ4v) is 9.78. The number of unbranched alkanes of at least 4 members (excludes halogenated alkanes) is 13. The third-order valence-corrected chi connectivity index (χ3v) is 14.3. The maximum absolute atomic E-state index is 14.1. The van der Waals surface area contributed by atoms with Crippen molar-refractivity contribution in [3.05, 3.63) is 72.6 Å². The lowest BCUT2D eigenvalue weighted by Crippen LogP contribution is -2.30. The molecule has 2 aromatic carbocycles. The number of phosphoric acid groups is 1. The molecule has 0 saturated carbocycles. The second-order valence-corrected chi connectivity index (χ2v) is 20.1. The van der Waals surface area contributed by atoms with Crippen molar-refractivity contribution >= 4 is 41.0 Å². The molecule has 0 aliphatic heterocycles. The van der Waals surface area contributed by atoms with Crippen LogP contribution in [0.1, 0.15) is 150 Å². The number of fused-ring (bicyclic) bond motifs is 2. The average Bonchev–Trinajstić information content (AvgIpc) is 3.32. The van der Waals surface area contributed by atoms with Crippen LogP contribution in [0.3, 0.4) is 0 Å². The van der Waals surface area contributed by atoms with Gasteiger partial charge < -0.3 is 25.2 Å². The lowest BCUT2D eigenvalue weighted by molar-refractivity contribution is 0.0569. The van der Waals surface area contributed by atoms with E-state index in [2.05, 4.69) is 65.0 Å². The van der Waals surface area contributed by atoms with Gasteiger partial charge in [-0.3, -0.25) is 23.5 Å². The highest BCUT2D eigenvalue weighted by atomic mass is 31.2. The van der Waals surface area contributed by atoms with Gasteiger partial charge in [0.2, 0.25) is 0 Å². The largest absolute Gasteiger partial charge is 0.474 e. The second kappa shape index (κ2) is 34.1. The first-order valence-corrected chi connectivity index (χ1v) is 27.8. The Labute approximate surface area is 408 Å². The van der Waals surface area contributed by atoms with E-state index in [-0.39, 0.29) is 43.5 Å². The number of halogens is 2. The molecule has 382 valence electrons. The summed E-state index contributed by atoms with van der Waals surface area (Å²) in [5.74, 6) is -0.591. The van der Waals surface area contributed by atoms with Crippen LogP contribution in [-0.4, -0.2) is 104 Å². The molecular formula is C54H87F2N6O5P. The molecule has 68 heavy (non-hydrogen) atoms. The summed E-state index contributed by atoms with van der Waals surface area (Å²) < 4.78 is 65.4. The molecule has 0 aliphatic rings. The summed E-state index contributed by atoms with van der Waals surface area (Å²) in [6.07, 6.45) is 25.6. The molecule has 14 heteroatoms. The zero-order chi connectivity index (χ0) is 48.7. The molecule has 0 saturated heterocycles. The fourth-order valence-electron chi connectivity index (χ4n) is 8.65. The van der Waals surface area contributed by atoms with Gasteiger partial charge in [0.15, 0.2) is 0 Å². The molecule has 11 nitrogen and oxygen atoms in total. The van der Waals surface area contributed by atoms with E-state index >= 15 is 0 Å². The predicted molar refractivity (Wildman–Crippen MR) is 279 cm³/mol. The molecule has 4 aromatic rings. The molecule has 0 spiro atoms. The summed E-state index contributed by atoms with van der Waals surface area (Å²) in [4.78, 5) is 13.2. The first kappa shape index (κ1) is 57.3. The van der Waals surface area contributed by atoms with E-state index < -0.39 is 7.82 Å². The number of hydrogen-bond donors (Lipinski definition) is 2. The van der Waals surface area contributed by atoms with Crippen LogP contribution in [0, 0.1) is 11.6 Å². The van der Waals surface area contributed by atoms with E-state index in [1.165, 1.54) is 101 Å². The van der Waals surface area contributed by atoms with Crippen LogP contribution in [0.2, 0.25) is 0 Å². The fraction of sp³-hybridized carbons (Fsp3) is 0.667. The van der Waals surface area contributed by atoms with Gasteiger partial charge in [-0.15, -0.1) is 0 Å². The Hall–Kier alpha value is -3.29. The summed E-state index contributed by atoms with van der Waals surface area (Å²) in [6.45, 7) is 16.9. The number of nitrogens with one attached hydrogen (secondary N) is 2. The Balaban J connectivity index is 1.16. The van der Waals surface area contributed by atoms with Gasteiger partial charge in [-0.2, -0.15) is 0 Å². The average molecular weight is 969 g/mol. The van der Waals surface area contributed by atoms with Crippen molar-refractivity contribution in [2.75, 3.05) is 82.9 Å². The minimum absolute atomic E-state index is 0.129. The van der Waals surface area contributed by atoms with Crippen LogP contribution in [0.5, 0.6) is 0 Å². The van der Waals surface area contributed by atoms with Crippen molar-refractivity contribution in [1.82, 2.24) is 19.8 Å². The minimum Gasteiger partial charge on any atom is -0.382 e. The normalized spacial score (nSPS) is 13.0. The van der Waals surface area contributed by atoms with Gasteiger partial charge in [0, 0.05) is 78.5 Å². The molecule has 2 aromatic heterocycles. The summed E-state index contributed by atoms with van der Waals surface area (Å²) in [5, 5.41) is 8.95. The molecule has 4 rings (SSSR count). The number of anilines is 2. The number of benzene rings is 2. The lowest BCUT2D eigenvalue weighted by Gasteiger charge is -2.25. The molecule has 0 fully saturated rings. The van der Waals surface area contributed by atoms with E-state index in [1.54, 1.807) is 24.5 Å². The Morgan fingerprint density at radius 1 is 0.529 bits per heavy atom. The van der Waals surface area contributed by atoms with Crippen molar-refractivity contribution in [2.24, 2.45) is 0 Å². The molecule has 0 amide bonds. The molecular weight excluding hydrogens is 882 g/mol. The summed E-state index contributed by atoms with van der Waals surface area (Å²) >= 11 is 0. The number of rotatable bonds is 41. The van der Waals surface area contributed by atoms with Crippen LogP contribution in [0.25, 0.3) is 21.8 Å². The molecule has 0 aliphatic carbocycles. The van der Waals surface area contributed by atoms with Crippen LogP contribution < -0.4 is 10.6 Å². The third kappa shape index (κ3) is 23.1. The minimum atomic E-state index is -3.86. The number of nitrogens with zero attached hydrogens (tertiary/aromatic N) is 4. The molecule has 0 bridgehead atoms. The highest BCUT2D eigenvalue weighted by Crippen LogP contribution is 2.49. The number of hydrogen-bond acceptors (Lipinski definition) is 11. The quantitative estimate of drug-likeness (QED) is 0.0328. The van der Waals surface area contributed by atoms with Gasteiger partial charge in [-0.25, -0.2) is 13.3 Å². The van der Waals surface area contributed by atoms with Crippen LogP contribution in [-0.2, 0) is 22.9 Å². The van der Waals surface area contributed by atoms with Crippen LogP contribution in [0.4, 0.5) is 20.2 Å². The van der Waals surface area contributed by atoms with Crippen molar-refractivity contribution in [3.63, 3.8) is 0 Å².